The molecule has 0 bridgehead atoms. The van der Waals surface area contributed by atoms with Crippen LogP contribution in [0.3, 0.4) is 0 Å². The van der Waals surface area contributed by atoms with Gasteiger partial charge in [-0.25, -0.2) is 0 Å². The van der Waals surface area contributed by atoms with Gasteiger partial charge in [-0.3, -0.25) is 14.4 Å². The standard InChI is InChI=1S/C22H25N3O4/c1-16(26)23-19-8-3-6-17(14-19)21(27)24-10-5-11-25(13-12-24)22(28)18-7-4-9-20(15-18)29-2/h3-4,6-9,14-15H,5,10-13H2,1-2H3,(H,23,26). The topological polar surface area (TPSA) is 79.0 Å². The molecule has 1 fully saturated rings. The van der Waals surface area contributed by atoms with Crippen molar-refractivity contribution in [2.24, 2.45) is 0 Å². The summed E-state index contributed by atoms with van der Waals surface area (Å²) in [5.41, 5.74) is 1.68. The van der Waals surface area contributed by atoms with Crippen molar-refractivity contribution in [2.45, 2.75) is 13.3 Å². The van der Waals surface area contributed by atoms with Gasteiger partial charge in [0.25, 0.3) is 11.8 Å². The number of benzene rings is 2. The van der Waals surface area contributed by atoms with Crippen LogP contribution >= 0.6 is 0 Å². The second-order valence-electron chi connectivity index (χ2n) is 6.93. The molecule has 0 aromatic heterocycles. The van der Waals surface area contributed by atoms with Crippen LogP contribution in [0.1, 0.15) is 34.1 Å². The number of ether oxygens (including phenoxy) is 1. The van der Waals surface area contributed by atoms with Crippen molar-refractivity contribution in [2.75, 3.05) is 38.6 Å². The van der Waals surface area contributed by atoms with E-state index in [4.69, 9.17) is 4.74 Å². The lowest BCUT2D eigenvalue weighted by Crippen LogP contribution is -2.37. The minimum Gasteiger partial charge on any atom is -0.497 e. The molecule has 3 amide bonds. The van der Waals surface area contributed by atoms with Gasteiger partial charge in [0.15, 0.2) is 0 Å². The number of hydrogen-bond donors (Lipinski definition) is 1. The highest BCUT2D eigenvalue weighted by molar-refractivity contribution is 5.97. The van der Waals surface area contributed by atoms with E-state index >= 15 is 0 Å². The van der Waals surface area contributed by atoms with Crippen LogP contribution in [0.4, 0.5) is 5.69 Å². The third kappa shape index (κ3) is 5.13. The Morgan fingerprint density at radius 3 is 2.03 bits per heavy atom. The first-order valence-corrected chi connectivity index (χ1v) is 9.58. The van der Waals surface area contributed by atoms with E-state index in [0.717, 1.165) is 0 Å². The highest BCUT2D eigenvalue weighted by Gasteiger charge is 2.24. The maximum absolute atomic E-state index is 12.9. The Morgan fingerprint density at radius 1 is 0.862 bits per heavy atom. The van der Waals surface area contributed by atoms with E-state index in [1.165, 1.54) is 6.92 Å². The van der Waals surface area contributed by atoms with Crippen LogP contribution < -0.4 is 10.1 Å². The van der Waals surface area contributed by atoms with Gasteiger partial charge in [0.05, 0.1) is 7.11 Å². The summed E-state index contributed by atoms with van der Waals surface area (Å²) in [4.78, 5) is 40.5. The Bertz CT molecular complexity index is 912. The molecule has 0 spiro atoms. The zero-order valence-corrected chi connectivity index (χ0v) is 16.7. The Morgan fingerprint density at radius 2 is 1.45 bits per heavy atom. The van der Waals surface area contributed by atoms with E-state index in [1.807, 2.05) is 0 Å². The molecule has 1 saturated heterocycles. The van der Waals surface area contributed by atoms with Gasteiger partial charge < -0.3 is 19.9 Å². The molecule has 0 aliphatic carbocycles. The molecule has 152 valence electrons. The summed E-state index contributed by atoms with van der Waals surface area (Å²) in [6.07, 6.45) is 0.701. The first-order chi connectivity index (χ1) is 14.0. The normalized spacial score (nSPS) is 14.1. The lowest BCUT2D eigenvalue weighted by Gasteiger charge is -2.22. The van der Waals surface area contributed by atoms with Gasteiger partial charge in [-0.05, 0) is 42.8 Å². The fourth-order valence-corrected chi connectivity index (χ4v) is 3.38. The Balaban J connectivity index is 1.67. The molecule has 1 N–H and O–H groups in total. The molecule has 0 atom stereocenters. The summed E-state index contributed by atoms with van der Waals surface area (Å²) in [6, 6.07) is 14.0. The molecule has 0 unspecified atom stereocenters. The summed E-state index contributed by atoms with van der Waals surface area (Å²) in [5, 5.41) is 2.69. The van der Waals surface area contributed by atoms with E-state index in [9.17, 15) is 14.4 Å². The second-order valence-corrected chi connectivity index (χ2v) is 6.93. The molecule has 29 heavy (non-hydrogen) atoms. The van der Waals surface area contributed by atoms with E-state index in [2.05, 4.69) is 5.32 Å². The highest BCUT2D eigenvalue weighted by atomic mass is 16.5. The molecular weight excluding hydrogens is 370 g/mol. The second kappa shape index (κ2) is 9.23. The van der Waals surface area contributed by atoms with Crippen LogP contribution in [0, 0.1) is 0 Å². The molecule has 2 aromatic rings. The summed E-state index contributed by atoms with van der Waals surface area (Å²) in [5.74, 6) is 0.288. The number of rotatable bonds is 4. The summed E-state index contributed by atoms with van der Waals surface area (Å²) in [7, 11) is 1.57. The van der Waals surface area contributed by atoms with E-state index in [-0.39, 0.29) is 17.7 Å². The molecule has 0 radical (unpaired) electrons. The van der Waals surface area contributed by atoms with Crippen molar-refractivity contribution in [3.8, 4) is 5.75 Å². The third-order valence-corrected chi connectivity index (χ3v) is 4.82. The van der Waals surface area contributed by atoms with Gasteiger partial charge in [0.1, 0.15) is 5.75 Å². The maximum atomic E-state index is 12.9. The fraction of sp³-hybridized carbons (Fsp3) is 0.318. The van der Waals surface area contributed by atoms with Crippen LogP contribution in [-0.4, -0.2) is 60.8 Å². The smallest absolute Gasteiger partial charge is 0.254 e. The van der Waals surface area contributed by atoms with E-state index < -0.39 is 0 Å². The number of methoxy groups -OCH3 is 1. The summed E-state index contributed by atoms with van der Waals surface area (Å²) < 4.78 is 5.20. The molecule has 7 nitrogen and oxygen atoms in total. The monoisotopic (exact) mass is 395 g/mol. The number of nitrogens with one attached hydrogen (secondary N) is 1. The average molecular weight is 395 g/mol. The van der Waals surface area contributed by atoms with Gasteiger partial charge in [0.2, 0.25) is 5.91 Å². The van der Waals surface area contributed by atoms with Gasteiger partial charge >= 0.3 is 0 Å². The van der Waals surface area contributed by atoms with Crippen molar-refractivity contribution in [3.05, 3.63) is 59.7 Å². The number of amides is 3. The van der Waals surface area contributed by atoms with Crippen molar-refractivity contribution in [3.63, 3.8) is 0 Å². The van der Waals surface area contributed by atoms with Crippen LogP contribution in [-0.2, 0) is 4.79 Å². The number of hydrogen-bond acceptors (Lipinski definition) is 4. The molecular formula is C22H25N3O4. The number of nitrogens with zero attached hydrogens (tertiary/aromatic N) is 2. The zero-order chi connectivity index (χ0) is 20.8. The van der Waals surface area contributed by atoms with Gasteiger partial charge in [-0.2, -0.15) is 0 Å². The first-order valence-electron chi connectivity index (χ1n) is 9.58. The van der Waals surface area contributed by atoms with Crippen LogP contribution in [0.5, 0.6) is 5.75 Å². The SMILES string of the molecule is COc1cccc(C(=O)N2CCCN(C(=O)c3cccc(NC(C)=O)c3)CC2)c1. The van der Waals surface area contributed by atoms with Crippen LogP contribution in [0.25, 0.3) is 0 Å². The van der Waals surface area contributed by atoms with Crippen molar-refractivity contribution in [1.29, 1.82) is 0 Å². The van der Waals surface area contributed by atoms with Crippen molar-refractivity contribution >= 4 is 23.4 Å². The largest absolute Gasteiger partial charge is 0.497 e. The number of anilines is 1. The predicted molar refractivity (Wildman–Crippen MR) is 110 cm³/mol. The number of carbonyl (C=O) groups is 3. The Labute approximate surface area is 170 Å². The Hall–Kier alpha value is -3.35. The van der Waals surface area contributed by atoms with Gasteiger partial charge in [-0.15, -0.1) is 0 Å². The van der Waals surface area contributed by atoms with E-state index in [1.54, 1.807) is 65.4 Å². The third-order valence-electron chi connectivity index (χ3n) is 4.82. The molecule has 1 heterocycles. The lowest BCUT2D eigenvalue weighted by molar-refractivity contribution is -0.114. The summed E-state index contributed by atoms with van der Waals surface area (Å²) in [6.45, 7) is 3.51. The van der Waals surface area contributed by atoms with Crippen LogP contribution in [0.15, 0.2) is 48.5 Å². The quantitative estimate of drug-likeness (QED) is 0.863. The molecule has 3 rings (SSSR count). The zero-order valence-electron chi connectivity index (χ0n) is 16.7. The minimum atomic E-state index is -0.184. The van der Waals surface area contributed by atoms with Crippen molar-refractivity contribution in [1.82, 2.24) is 9.80 Å². The number of carbonyl (C=O) groups excluding carboxylic acids is 3. The maximum Gasteiger partial charge on any atom is 0.254 e. The highest BCUT2D eigenvalue weighted by Crippen LogP contribution is 2.17. The fourth-order valence-electron chi connectivity index (χ4n) is 3.38. The lowest BCUT2D eigenvalue weighted by atomic mass is 10.1. The molecule has 0 saturated carbocycles. The van der Waals surface area contributed by atoms with Crippen LogP contribution in [0.2, 0.25) is 0 Å². The minimum absolute atomic E-state index is 0.0640. The molecule has 1 aliphatic heterocycles. The summed E-state index contributed by atoms with van der Waals surface area (Å²) >= 11 is 0. The average Bonchev–Trinajstić information content (AvgIpc) is 2.98. The molecule has 7 heteroatoms. The van der Waals surface area contributed by atoms with E-state index in [0.29, 0.717) is 55.2 Å². The first kappa shape index (κ1) is 20.4. The molecule has 2 aromatic carbocycles. The Kier molecular flexibility index (Phi) is 6.49. The van der Waals surface area contributed by atoms with Crippen molar-refractivity contribution < 1.29 is 19.1 Å². The molecule has 1 aliphatic rings. The predicted octanol–water partition coefficient (Wildman–Crippen LogP) is 2.64. The van der Waals surface area contributed by atoms with Gasteiger partial charge in [0, 0.05) is 49.9 Å². The van der Waals surface area contributed by atoms with Gasteiger partial charge in [-0.1, -0.05) is 12.1 Å².